The summed E-state index contributed by atoms with van der Waals surface area (Å²) in [5.74, 6) is 0.859. The Kier molecular flexibility index (Phi) is 5.51. The third-order valence-electron chi connectivity index (χ3n) is 3.69. The summed E-state index contributed by atoms with van der Waals surface area (Å²) in [4.78, 5) is 6.99. The maximum Gasteiger partial charge on any atom is 0.123 e. The van der Waals surface area contributed by atoms with Crippen molar-refractivity contribution in [1.82, 2.24) is 9.88 Å². The first-order valence-corrected chi connectivity index (χ1v) is 8.91. The van der Waals surface area contributed by atoms with Crippen LogP contribution < -0.4 is 4.74 Å². The second-order valence-electron chi connectivity index (χ2n) is 5.67. The lowest BCUT2D eigenvalue weighted by molar-refractivity contribution is 0.316. The molecule has 1 heterocycles. The number of nitrogens with zero attached hydrogens (tertiary/aromatic N) is 2. The smallest absolute Gasteiger partial charge is 0.123 e. The summed E-state index contributed by atoms with van der Waals surface area (Å²) < 4.78 is 5.19. The van der Waals surface area contributed by atoms with Crippen LogP contribution in [0.3, 0.4) is 0 Å². The van der Waals surface area contributed by atoms with E-state index in [2.05, 4.69) is 29.5 Å². The second kappa shape index (κ2) is 7.79. The first kappa shape index (κ1) is 17.0. The molecule has 0 bridgehead atoms. The van der Waals surface area contributed by atoms with Gasteiger partial charge in [0.25, 0.3) is 0 Å². The molecular formula is C19H19ClN2OS. The standard InChI is InChI=1S/C19H19ClN2OS/c1-22(11-14-3-7-16(20)8-4-14)12-17-13-24-19(21-17)15-5-9-18(23-2)10-6-15/h3-10,13H,11-12H2,1-2H3. The number of rotatable bonds is 6. The molecule has 0 saturated carbocycles. The molecule has 0 radical (unpaired) electrons. The lowest BCUT2D eigenvalue weighted by atomic mass is 10.2. The summed E-state index contributed by atoms with van der Waals surface area (Å²) in [5.41, 5.74) is 3.45. The van der Waals surface area contributed by atoms with Crippen molar-refractivity contribution in [3.8, 4) is 16.3 Å². The fourth-order valence-corrected chi connectivity index (χ4v) is 3.42. The molecule has 0 N–H and O–H groups in total. The third-order valence-corrected chi connectivity index (χ3v) is 4.88. The van der Waals surface area contributed by atoms with E-state index in [-0.39, 0.29) is 0 Å². The second-order valence-corrected chi connectivity index (χ2v) is 6.97. The third kappa shape index (κ3) is 4.35. The van der Waals surface area contributed by atoms with Crippen LogP contribution in [-0.4, -0.2) is 24.0 Å². The molecule has 24 heavy (non-hydrogen) atoms. The summed E-state index contributed by atoms with van der Waals surface area (Å²) in [7, 11) is 3.77. The van der Waals surface area contributed by atoms with E-state index in [1.165, 1.54) is 5.56 Å². The van der Waals surface area contributed by atoms with Gasteiger partial charge in [0, 0.05) is 29.1 Å². The van der Waals surface area contributed by atoms with Gasteiger partial charge in [0.1, 0.15) is 10.8 Å². The summed E-state index contributed by atoms with van der Waals surface area (Å²) in [5, 5.41) is 3.93. The summed E-state index contributed by atoms with van der Waals surface area (Å²) in [6.45, 7) is 1.68. The molecule has 2 aromatic carbocycles. The maximum atomic E-state index is 5.93. The predicted octanol–water partition coefficient (Wildman–Crippen LogP) is 5.10. The normalized spacial score (nSPS) is 11.0. The monoisotopic (exact) mass is 358 g/mol. The predicted molar refractivity (Wildman–Crippen MR) is 101 cm³/mol. The molecule has 3 nitrogen and oxygen atoms in total. The molecule has 124 valence electrons. The summed E-state index contributed by atoms with van der Waals surface area (Å²) in [6.07, 6.45) is 0. The van der Waals surface area contributed by atoms with Gasteiger partial charge in [-0.25, -0.2) is 4.98 Å². The van der Waals surface area contributed by atoms with E-state index in [0.29, 0.717) is 0 Å². The number of benzene rings is 2. The van der Waals surface area contributed by atoms with Crippen molar-refractivity contribution in [2.24, 2.45) is 0 Å². The minimum Gasteiger partial charge on any atom is -0.497 e. The zero-order chi connectivity index (χ0) is 16.9. The Balaban J connectivity index is 1.63. The average Bonchev–Trinajstić information content (AvgIpc) is 3.05. The highest BCUT2D eigenvalue weighted by Crippen LogP contribution is 2.26. The molecular weight excluding hydrogens is 340 g/mol. The number of ether oxygens (including phenoxy) is 1. The Hall–Kier alpha value is -1.88. The van der Waals surface area contributed by atoms with Crippen LogP contribution in [0.25, 0.3) is 10.6 Å². The molecule has 0 aliphatic rings. The van der Waals surface area contributed by atoms with Gasteiger partial charge in [-0.3, -0.25) is 4.90 Å². The number of aromatic nitrogens is 1. The van der Waals surface area contributed by atoms with Gasteiger partial charge in [-0.1, -0.05) is 23.7 Å². The van der Waals surface area contributed by atoms with Gasteiger partial charge < -0.3 is 4.74 Å². The molecule has 0 amide bonds. The van der Waals surface area contributed by atoms with Crippen molar-refractivity contribution < 1.29 is 4.74 Å². The van der Waals surface area contributed by atoms with Crippen molar-refractivity contribution in [2.45, 2.75) is 13.1 Å². The van der Waals surface area contributed by atoms with Gasteiger partial charge in [-0.05, 0) is 49.0 Å². The summed E-state index contributed by atoms with van der Waals surface area (Å²) >= 11 is 7.60. The quantitative estimate of drug-likeness (QED) is 0.612. The van der Waals surface area contributed by atoms with E-state index in [1.54, 1.807) is 18.4 Å². The summed E-state index contributed by atoms with van der Waals surface area (Å²) in [6, 6.07) is 16.0. The van der Waals surface area contributed by atoms with Gasteiger partial charge in [0.2, 0.25) is 0 Å². The molecule has 0 fully saturated rings. The van der Waals surface area contributed by atoms with Crippen LogP contribution in [0.1, 0.15) is 11.3 Å². The van der Waals surface area contributed by atoms with Crippen LogP contribution in [0.5, 0.6) is 5.75 Å². The highest BCUT2D eigenvalue weighted by molar-refractivity contribution is 7.13. The Morgan fingerprint density at radius 3 is 2.42 bits per heavy atom. The van der Waals surface area contributed by atoms with E-state index in [4.69, 9.17) is 21.3 Å². The van der Waals surface area contributed by atoms with Crippen molar-refractivity contribution in [2.75, 3.05) is 14.2 Å². The molecule has 5 heteroatoms. The van der Waals surface area contributed by atoms with E-state index in [1.807, 2.05) is 36.4 Å². The van der Waals surface area contributed by atoms with Crippen LogP contribution in [0.15, 0.2) is 53.9 Å². The Morgan fingerprint density at radius 1 is 1.04 bits per heavy atom. The van der Waals surface area contributed by atoms with E-state index < -0.39 is 0 Å². The van der Waals surface area contributed by atoms with Gasteiger partial charge in [0.15, 0.2) is 0 Å². The van der Waals surface area contributed by atoms with E-state index in [9.17, 15) is 0 Å². The van der Waals surface area contributed by atoms with Crippen LogP contribution in [0.2, 0.25) is 5.02 Å². The molecule has 0 saturated heterocycles. The van der Waals surface area contributed by atoms with E-state index in [0.717, 1.165) is 40.1 Å². The van der Waals surface area contributed by atoms with Crippen LogP contribution >= 0.6 is 22.9 Å². The van der Waals surface area contributed by atoms with Gasteiger partial charge in [-0.15, -0.1) is 11.3 Å². The topological polar surface area (TPSA) is 25.4 Å². The number of hydrogen-bond donors (Lipinski definition) is 0. The Labute approximate surface area is 151 Å². The lowest BCUT2D eigenvalue weighted by Gasteiger charge is -2.15. The van der Waals surface area contributed by atoms with Crippen molar-refractivity contribution >= 4 is 22.9 Å². The molecule has 0 aliphatic heterocycles. The number of thiazole rings is 1. The van der Waals surface area contributed by atoms with Gasteiger partial charge >= 0.3 is 0 Å². The highest BCUT2D eigenvalue weighted by Gasteiger charge is 2.08. The average molecular weight is 359 g/mol. The maximum absolute atomic E-state index is 5.93. The molecule has 0 spiro atoms. The molecule has 1 aromatic heterocycles. The molecule has 3 aromatic rings. The molecule has 0 unspecified atom stereocenters. The zero-order valence-corrected chi connectivity index (χ0v) is 15.3. The zero-order valence-electron chi connectivity index (χ0n) is 13.7. The highest BCUT2D eigenvalue weighted by atomic mass is 35.5. The van der Waals surface area contributed by atoms with Crippen LogP contribution in [0.4, 0.5) is 0 Å². The fraction of sp³-hybridized carbons (Fsp3) is 0.211. The van der Waals surface area contributed by atoms with E-state index >= 15 is 0 Å². The first-order chi connectivity index (χ1) is 11.6. The van der Waals surface area contributed by atoms with Crippen molar-refractivity contribution in [3.63, 3.8) is 0 Å². The largest absolute Gasteiger partial charge is 0.497 e. The minimum absolute atomic E-state index is 0.769. The first-order valence-electron chi connectivity index (χ1n) is 7.66. The van der Waals surface area contributed by atoms with Crippen molar-refractivity contribution in [3.05, 3.63) is 70.2 Å². The number of hydrogen-bond acceptors (Lipinski definition) is 4. The van der Waals surface area contributed by atoms with Crippen molar-refractivity contribution in [1.29, 1.82) is 0 Å². The number of halogens is 1. The van der Waals surface area contributed by atoms with Crippen LogP contribution in [-0.2, 0) is 13.1 Å². The minimum atomic E-state index is 0.769. The Morgan fingerprint density at radius 2 is 1.75 bits per heavy atom. The SMILES string of the molecule is COc1ccc(-c2nc(CN(C)Cc3ccc(Cl)cc3)cs2)cc1. The molecule has 0 atom stereocenters. The van der Waals surface area contributed by atoms with Gasteiger partial charge in [-0.2, -0.15) is 0 Å². The number of methoxy groups -OCH3 is 1. The molecule has 0 aliphatic carbocycles. The fourth-order valence-electron chi connectivity index (χ4n) is 2.48. The Bertz CT molecular complexity index is 784. The lowest BCUT2D eigenvalue weighted by Crippen LogP contribution is -2.17. The molecule has 3 rings (SSSR count). The van der Waals surface area contributed by atoms with Gasteiger partial charge in [0.05, 0.1) is 12.8 Å². The van der Waals surface area contributed by atoms with Crippen LogP contribution in [0, 0.1) is 0 Å².